The van der Waals surface area contributed by atoms with Gasteiger partial charge in [0.1, 0.15) is 11.8 Å². The lowest BCUT2D eigenvalue weighted by molar-refractivity contribution is -0.141. The average Bonchev–Trinajstić information content (AvgIpc) is 2.30. The van der Waals surface area contributed by atoms with E-state index in [-0.39, 0.29) is 5.97 Å². The third-order valence-corrected chi connectivity index (χ3v) is 2.28. The maximum Gasteiger partial charge on any atom is 0.327 e. The quantitative estimate of drug-likeness (QED) is 0.793. The number of hydrogen-bond donors (Lipinski definition) is 1. The molecule has 1 N–H and O–H groups in total. The van der Waals surface area contributed by atoms with Crippen LogP contribution in [0.5, 0.6) is 5.75 Å². The molecular formula is C12H17NO3. The highest BCUT2D eigenvalue weighted by atomic mass is 16.5. The van der Waals surface area contributed by atoms with Gasteiger partial charge in [-0.25, -0.2) is 4.79 Å². The van der Waals surface area contributed by atoms with E-state index in [1.165, 1.54) is 7.11 Å². The highest BCUT2D eigenvalue weighted by Crippen LogP contribution is 2.25. The summed E-state index contributed by atoms with van der Waals surface area (Å²) in [6.07, 6.45) is 0. The Hall–Kier alpha value is -1.71. The fourth-order valence-electron chi connectivity index (χ4n) is 1.39. The summed E-state index contributed by atoms with van der Waals surface area (Å²) in [6.45, 7) is 3.72. The maximum atomic E-state index is 11.3. The summed E-state index contributed by atoms with van der Waals surface area (Å²) < 4.78 is 9.86. The van der Waals surface area contributed by atoms with Crippen LogP contribution in [0.25, 0.3) is 0 Å². The maximum absolute atomic E-state index is 11.3. The van der Waals surface area contributed by atoms with Crippen molar-refractivity contribution in [3.8, 4) is 5.75 Å². The number of nitrogens with one attached hydrogen (secondary N) is 1. The van der Waals surface area contributed by atoms with E-state index in [2.05, 4.69) is 10.1 Å². The van der Waals surface area contributed by atoms with Crippen LogP contribution in [0.2, 0.25) is 0 Å². The zero-order valence-electron chi connectivity index (χ0n) is 10.0. The first-order chi connectivity index (χ1) is 7.58. The first-order valence-corrected chi connectivity index (χ1v) is 5.07. The predicted molar refractivity (Wildman–Crippen MR) is 62.8 cm³/mol. The monoisotopic (exact) mass is 223 g/mol. The van der Waals surface area contributed by atoms with Crippen molar-refractivity contribution in [3.05, 3.63) is 23.8 Å². The molecule has 0 amide bonds. The lowest BCUT2D eigenvalue weighted by atomic mass is 10.2. The van der Waals surface area contributed by atoms with Gasteiger partial charge in [-0.05, 0) is 31.5 Å². The van der Waals surface area contributed by atoms with E-state index in [1.54, 1.807) is 14.0 Å². The van der Waals surface area contributed by atoms with Gasteiger partial charge in [-0.1, -0.05) is 6.07 Å². The van der Waals surface area contributed by atoms with Crippen LogP contribution in [-0.2, 0) is 9.53 Å². The third-order valence-electron chi connectivity index (χ3n) is 2.28. The van der Waals surface area contributed by atoms with Crippen LogP contribution in [0.1, 0.15) is 12.5 Å². The van der Waals surface area contributed by atoms with E-state index < -0.39 is 6.04 Å². The molecule has 1 atom stereocenters. The molecule has 0 radical (unpaired) electrons. The number of anilines is 1. The summed E-state index contributed by atoms with van der Waals surface area (Å²) in [5, 5.41) is 3.04. The van der Waals surface area contributed by atoms with Gasteiger partial charge in [0, 0.05) is 0 Å². The van der Waals surface area contributed by atoms with Crippen molar-refractivity contribution in [2.75, 3.05) is 19.5 Å². The van der Waals surface area contributed by atoms with Gasteiger partial charge < -0.3 is 14.8 Å². The Morgan fingerprint density at radius 2 is 2.06 bits per heavy atom. The zero-order valence-corrected chi connectivity index (χ0v) is 10.0. The minimum Gasteiger partial charge on any atom is -0.495 e. The topological polar surface area (TPSA) is 47.6 Å². The van der Waals surface area contributed by atoms with Crippen LogP contribution < -0.4 is 10.1 Å². The normalized spacial score (nSPS) is 11.8. The fraction of sp³-hybridized carbons (Fsp3) is 0.417. The standard InChI is InChI=1S/C12H17NO3/c1-8-5-6-10(11(7-8)15-3)13-9(2)12(14)16-4/h5-7,9,13H,1-4H3. The first kappa shape index (κ1) is 12.4. The van der Waals surface area contributed by atoms with Crippen molar-refractivity contribution in [3.63, 3.8) is 0 Å². The predicted octanol–water partition coefficient (Wildman–Crippen LogP) is 1.98. The van der Waals surface area contributed by atoms with Crippen molar-refractivity contribution >= 4 is 11.7 Å². The zero-order chi connectivity index (χ0) is 12.1. The second-order valence-electron chi connectivity index (χ2n) is 3.59. The van der Waals surface area contributed by atoms with Crippen LogP contribution in [0.4, 0.5) is 5.69 Å². The molecule has 0 saturated heterocycles. The molecule has 1 rings (SSSR count). The van der Waals surface area contributed by atoms with Gasteiger partial charge in [0.2, 0.25) is 0 Å². The van der Waals surface area contributed by atoms with Gasteiger partial charge in [0.05, 0.1) is 19.9 Å². The highest BCUT2D eigenvalue weighted by Gasteiger charge is 2.14. The summed E-state index contributed by atoms with van der Waals surface area (Å²) in [5.41, 5.74) is 1.89. The van der Waals surface area contributed by atoms with Crippen molar-refractivity contribution in [2.24, 2.45) is 0 Å². The average molecular weight is 223 g/mol. The number of methoxy groups -OCH3 is 2. The van der Waals surface area contributed by atoms with Gasteiger partial charge in [-0.2, -0.15) is 0 Å². The SMILES string of the molecule is COC(=O)C(C)Nc1ccc(C)cc1OC. The second kappa shape index (κ2) is 5.39. The number of carbonyl (C=O) groups is 1. The van der Waals surface area contributed by atoms with Crippen LogP contribution >= 0.6 is 0 Å². The van der Waals surface area contributed by atoms with Crippen molar-refractivity contribution in [2.45, 2.75) is 19.9 Å². The molecule has 0 saturated carbocycles. The molecule has 1 aromatic carbocycles. The molecule has 0 aliphatic rings. The molecule has 0 aliphatic carbocycles. The lowest BCUT2D eigenvalue weighted by Gasteiger charge is -2.15. The summed E-state index contributed by atoms with van der Waals surface area (Å²) in [7, 11) is 2.97. The number of carbonyl (C=O) groups excluding carboxylic acids is 1. The van der Waals surface area contributed by atoms with Gasteiger partial charge in [0.15, 0.2) is 0 Å². The molecule has 1 aromatic rings. The Labute approximate surface area is 95.6 Å². The van der Waals surface area contributed by atoms with E-state index in [4.69, 9.17) is 4.74 Å². The Balaban J connectivity index is 2.84. The number of benzene rings is 1. The fourth-order valence-corrected chi connectivity index (χ4v) is 1.39. The molecular weight excluding hydrogens is 206 g/mol. The highest BCUT2D eigenvalue weighted by molar-refractivity contribution is 5.79. The van der Waals surface area contributed by atoms with E-state index in [0.717, 1.165) is 17.0 Å². The molecule has 1 unspecified atom stereocenters. The van der Waals surface area contributed by atoms with Crippen LogP contribution in [0.15, 0.2) is 18.2 Å². The summed E-state index contributed by atoms with van der Waals surface area (Å²) in [5.74, 6) is 0.415. The van der Waals surface area contributed by atoms with Gasteiger partial charge in [-0.3, -0.25) is 0 Å². The van der Waals surface area contributed by atoms with Crippen LogP contribution in [-0.4, -0.2) is 26.2 Å². The number of aryl methyl sites for hydroxylation is 1. The van der Waals surface area contributed by atoms with E-state index in [1.807, 2.05) is 25.1 Å². The van der Waals surface area contributed by atoms with Crippen molar-refractivity contribution < 1.29 is 14.3 Å². The second-order valence-corrected chi connectivity index (χ2v) is 3.59. The Morgan fingerprint density at radius 1 is 1.38 bits per heavy atom. The van der Waals surface area contributed by atoms with Gasteiger partial charge in [-0.15, -0.1) is 0 Å². The molecule has 0 aromatic heterocycles. The lowest BCUT2D eigenvalue weighted by Crippen LogP contribution is -2.27. The molecule has 0 aliphatic heterocycles. The van der Waals surface area contributed by atoms with E-state index in [9.17, 15) is 4.79 Å². The molecule has 0 bridgehead atoms. The number of ether oxygens (including phenoxy) is 2. The Morgan fingerprint density at radius 3 is 2.62 bits per heavy atom. The van der Waals surface area contributed by atoms with E-state index >= 15 is 0 Å². The Kier molecular flexibility index (Phi) is 4.17. The summed E-state index contributed by atoms with van der Waals surface area (Å²) in [6, 6.07) is 5.34. The minimum absolute atomic E-state index is 0.303. The van der Waals surface area contributed by atoms with Crippen molar-refractivity contribution in [1.82, 2.24) is 0 Å². The number of hydrogen-bond acceptors (Lipinski definition) is 4. The molecule has 0 heterocycles. The Bertz CT molecular complexity index is 377. The molecule has 4 nitrogen and oxygen atoms in total. The molecule has 16 heavy (non-hydrogen) atoms. The van der Waals surface area contributed by atoms with Crippen LogP contribution in [0.3, 0.4) is 0 Å². The van der Waals surface area contributed by atoms with Crippen molar-refractivity contribution in [1.29, 1.82) is 0 Å². The van der Waals surface area contributed by atoms with Gasteiger partial charge >= 0.3 is 5.97 Å². The third kappa shape index (κ3) is 2.89. The largest absolute Gasteiger partial charge is 0.495 e. The van der Waals surface area contributed by atoms with Gasteiger partial charge in [0.25, 0.3) is 0 Å². The molecule has 0 fully saturated rings. The summed E-state index contributed by atoms with van der Waals surface area (Å²) in [4.78, 5) is 11.3. The van der Waals surface area contributed by atoms with Crippen LogP contribution in [0, 0.1) is 6.92 Å². The molecule has 88 valence electrons. The number of rotatable bonds is 4. The smallest absolute Gasteiger partial charge is 0.327 e. The number of esters is 1. The molecule has 0 spiro atoms. The first-order valence-electron chi connectivity index (χ1n) is 5.07. The minimum atomic E-state index is -0.401. The summed E-state index contributed by atoms with van der Waals surface area (Å²) >= 11 is 0. The van der Waals surface area contributed by atoms with E-state index in [0.29, 0.717) is 0 Å². The molecule has 4 heteroatoms.